The van der Waals surface area contributed by atoms with E-state index >= 15 is 0 Å². The summed E-state index contributed by atoms with van der Waals surface area (Å²) in [5.74, 6) is 1.60. The second kappa shape index (κ2) is 6.22. The molecule has 1 heterocycles. The van der Waals surface area contributed by atoms with Crippen LogP contribution in [0.5, 0.6) is 5.75 Å². The molecule has 3 rings (SSSR count). The van der Waals surface area contributed by atoms with E-state index in [2.05, 4.69) is 15.3 Å². The molecule has 0 amide bonds. The Labute approximate surface area is 128 Å². The lowest BCUT2D eigenvalue weighted by atomic mass is 9.89. The van der Waals surface area contributed by atoms with Crippen molar-refractivity contribution in [2.24, 2.45) is 5.10 Å². The van der Waals surface area contributed by atoms with E-state index in [0.29, 0.717) is 10.7 Å². The number of phenolic OH excluding ortho intramolecular Hbond substituents is 1. The first-order chi connectivity index (χ1) is 10.2. The summed E-state index contributed by atoms with van der Waals surface area (Å²) in [5, 5.41) is 20.9. The molecule has 0 unspecified atom stereocenters. The number of nitrogens with one attached hydrogen (secondary N) is 1. The summed E-state index contributed by atoms with van der Waals surface area (Å²) < 4.78 is 2.24. The summed E-state index contributed by atoms with van der Waals surface area (Å²) >= 11 is 5.27. The van der Waals surface area contributed by atoms with Crippen LogP contribution in [-0.2, 0) is 0 Å². The zero-order valence-corrected chi connectivity index (χ0v) is 12.5. The molecule has 0 saturated heterocycles. The molecule has 0 spiro atoms. The van der Waals surface area contributed by atoms with Crippen LogP contribution in [0.4, 0.5) is 0 Å². The minimum absolute atomic E-state index is 0.245. The van der Waals surface area contributed by atoms with Gasteiger partial charge in [-0.3, -0.25) is 5.10 Å². The van der Waals surface area contributed by atoms with Crippen molar-refractivity contribution in [1.29, 1.82) is 0 Å². The highest BCUT2D eigenvalue weighted by atomic mass is 32.1. The molecule has 1 aromatic heterocycles. The normalized spacial score (nSPS) is 16.6. The lowest BCUT2D eigenvalue weighted by Crippen LogP contribution is -2.10. The Kier molecular flexibility index (Phi) is 4.15. The molecule has 1 fully saturated rings. The fraction of sp³-hybridized carbons (Fsp3) is 0.400. The van der Waals surface area contributed by atoms with Gasteiger partial charge in [0.2, 0.25) is 4.77 Å². The van der Waals surface area contributed by atoms with Gasteiger partial charge in [0.1, 0.15) is 5.75 Å². The van der Waals surface area contributed by atoms with Crippen molar-refractivity contribution in [3.05, 3.63) is 40.4 Å². The van der Waals surface area contributed by atoms with E-state index in [1.54, 1.807) is 23.0 Å². The van der Waals surface area contributed by atoms with Gasteiger partial charge in [-0.05, 0) is 54.9 Å². The third-order valence-corrected chi connectivity index (χ3v) is 4.13. The van der Waals surface area contributed by atoms with Crippen molar-refractivity contribution in [3.8, 4) is 5.75 Å². The molecule has 0 radical (unpaired) electrons. The molecule has 0 aliphatic heterocycles. The maximum absolute atomic E-state index is 9.29. The Morgan fingerprint density at radius 2 is 1.95 bits per heavy atom. The van der Waals surface area contributed by atoms with E-state index in [1.807, 2.05) is 12.1 Å². The molecular weight excluding hydrogens is 284 g/mol. The number of hydrogen-bond acceptors (Lipinski definition) is 4. The van der Waals surface area contributed by atoms with Crippen LogP contribution < -0.4 is 0 Å². The summed E-state index contributed by atoms with van der Waals surface area (Å²) in [6.07, 6.45) is 7.82. The second-order valence-electron chi connectivity index (χ2n) is 5.37. The number of nitrogens with zero attached hydrogens (tertiary/aromatic N) is 3. The van der Waals surface area contributed by atoms with Crippen LogP contribution in [0.15, 0.2) is 29.4 Å². The predicted molar refractivity (Wildman–Crippen MR) is 84.3 cm³/mol. The topological polar surface area (TPSA) is 66.2 Å². The number of aromatic nitrogens is 3. The first-order valence-corrected chi connectivity index (χ1v) is 7.65. The predicted octanol–water partition coefficient (Wildman–Crippen LogP) is 3.58. The number of benzene rings is 1. The maximum atomic E-state index is 9.29. The number of phenols is 1. The van der Waals surface area contributed by atoms with E-state index in [1.165, 1.54) is 19.3 Å². The number of aromatic amines is 1. The number of hydrogen-bond donors (Lipinski definition) is 2. The molecule has 1 saturated carbocycles. The minimum atomic E-state index is 0.245. The number of aromatic hydroxyl groups is 1. The molecule has 6 heteroatoms. The summed E-state index contributed by atoms with van der Waals surface area (Å²) in [4.78, 5) is 0. The molecule has 5 nitrogen and oxygen atoms in total. The zero-order valence-electron chi connectivity index (χ0n) is 11.7. The van der Waals surface area contributed by atoms with Gasteiger partial charge in [-0.15, -0.1) is 0 Å². The van der Waals surface area contributed by atoms with Crippen LogP contribution in [0.1, 0.15) is 49.4 Å². The average molecular weight is 302 g/mol. The first-order valence-electron chi connectivity index (χ1n) is 7.25. The van der Waals surface area contributed by atoms with Gasteiger partial charge in [0, 0.05) is 5.92 Å². The van der Waals surface area contributed by atoms with Crippen LogP contribution in [-0.4, -0.2) is 26.2 Å². The van der Waals surface area contributed by atoms with Crippen molar-refractivity contribution in [1.82, 2.24) is 14.9 Å². The fourth-order valence-electron chi connectivity index (χ4n) is 2.73. The van der Waals surface area contributed by atoms with Gasteiger partial charge in [-0.2, -0.15) is 14.9 Å². The molecule has 1 aliphatic rings. The van der Waals surface area contributed by atoms with E-state index in [9.17, 15) is 5.11 Å². The number of H-pyrrole nitrogens is 1. The smallest absolute Gasteiger partial charge is 0.216 e. The molecule has 110 valence electrons. The summed E-state index contributed by atoms with van der Waals surface area (Å²) in [5.41, 5.74) is 0.908. The van der Waals surface area contributed by atoms with E-state index in [0.717, 1.165) is 24.2 Å². The van der Waals surface area contributed by atoms with E-state index in [4.69, 9.17) is 12.2 Å². The third kappa shape index (κ3) is 3.21. The molecule has 0 atom stereocenters. The minimum Gasteiger partial charge on any atom is -0.508 e. The molecule has 2 N–H and O–H groups in total. The van der Waals surface area contributed by atoms with Gasteiger partial charge in [0.05, 0.1) is 6.21 Å². The number of rotatable bonds is 3. The van der Waals surface area contributed by atoms with Crippen LogP contribution in [0.2, 0.25) is 0 Å². The van der Waals surface area contributed by atoms with E-state index in [-0.39, 0.29) is 5.75 Å². The Morgan fingerprint density at radius 3 is 2.67 bits per heavy atom. The van der Waals surface area contributed by atoms with Crippen LogP contribution in [0, 0.1) is 4.77 Å². The van der Waals surface area contributed by atoms with Crippen molar-refractivity contribution in [2.45, 2.75) is 38.0 Å². The molecule has 21 heavy (non-hydrogen) atoms. The average Bonchev–Trinajstić information content (AvgIpc) is 2.89. The van der Waals surface area contributed by atoms with Crippen molar-refractivity contribution < 1.29 is 5.11 Å². The Bertz CT molecular complexity index is 680. The third-order valence-electron chi connectivity index (χ3n) is 3.86. The highest BCUT2D eigenvalue weighted by molar-refractivity contribution is 7.71. The lowest BCUT2D eigenvalue weighted by Gasteiger charge is -2.19. The van der Waals surface area contributed by atoms with Crippen LogP contribution >= 0.6 is 12.2 Å². The monoisotopic (exact) mass is 302 g/mol. The molecule has 1 aromatic carbocycles. The highest BCUT2D eigenvalue weighted by Gasteiger charge is 2.21. The standard InChI is InChI=1S/C15H18N4OS/c20-13-8-6-11(7-9-13)10-16-19-14(17-18-15(19)21)12-4-2-1-3-5-12/h6-10,12,20H,1-5H2,(H,18,21). The second-order valence-corrected chi connectivity index (χ2v) is 5.76. The Morgan fingerprint density at radius 1 is 1.24 bits per heavy atom. The van der Waals surface area contributed by atoms with Gasteiger partial charge in [0.25, 0.3) is 0 Å². The SMILES string of the molecule is Oc1ccc(C=Nn2c(C3CCCCC3)n[nH]c2=S)cc1. The Balaban J connectivity index is 1.86. The largest absolute Gasteiger partial charge is 0.508 e. The summed E-state index contributed by atoms with van der Waals surface area (Å²) in [7, 11) is 0. The summed E-state index contributed by atoms with van der Waals surface area (Å²) in [6, 6.07) is 6.89. The van der Waals surface area contributed by atoms with Crippen molar-refractivity contribution in [3.63, 3.8) is 0 Å². The fourth-order valence-corrected chi connectivity index (χ4v) is 2.91. The van der Waals surface area contributed by atoms with Gasteiger partial charge >= 0.3 is 0 Å². The first kappa shape index (κ1) is 14.0. The van der Waals surface area contributed by atoms with Crippen LogP contribution in [0.3, 0.4) is 0 Å². The quantitative estimate of drug-likeness (QED) is 0.673. The van der Waals surface area contributed by atoms with Gasteiger partial charge in [0.15, 0.2) is 5.82 Å². The zero-order chi connectivity index (χ0) is 14.7. The van der Waals surface area contributed by atoms with Crippen molar-refractivity contribution >= 4 is 18.4 Å². The van der Waals surface area contributed by atoms with Gasteiger partial charge in [-0.1, -0.05) is 19.3 Å². The van der Waals surface area contributed by atoms with E-state index < -0.39 is 0 Å². The molecular formula is C15H18N4OS. The Hall–Kier alpha value is -1.95. The van der Waals surface area contributed by atoms with Crippen molar-refractivity contribution in [2.75, 3.05) is 0 Å². The lowest BCUT2D eigenvalue weighted by molar-refractivity contribution is 0.419. The molecule has 2 aromatic rings. The summed E-state index contributed by atoms with van der Waals surface area (Å²) in [6.45, 7) is 0. The highest BCUT2D eigenvalue weighted by Crippen LogP contribution is 2.31. The molecule has 0 bridgehead atoms. The van der Waals surface area contributed by atoms with Gasteiger partial charge in [-0.25, -0.2) is 0 Å². The van der Waals surface area contributed by atoms with Gasteiger partial charge < -0.3 is 5.11 Å². The molecule has 1 aliphatic carbocycles. The maximum Gasteiger partial charge on any atom is 0.216 e. The van der Waals surface area contributed by atoms with Crippen LogP contribution in [0.25, 0.3) is 0 Å².